The van der Waals surface area contributed by atoms with Crippen LogP contribution in [-0.2, 0) is 0 Å². The van der Waals surface area contributed by atoms with Gasteiger partial charge in [0.25, 0.3) is 0 Å². The SMILES string of the molecule is C=c1nc(-c2ccccc2C)o/c1=C/C=C\C. The maximum atomic E-state index is 5.70. The van der Waals surface area contributed by atoms with Gasteiger partial charge in [-0.1, -0.05) is 36.9 Å². The third kappa shape index (κ3) is 2.36. The number of benzene rings is 1. The number of aromatic nitrogens is 1. The Morgan fingerprint density at radius 3 is 2.76 bits per heavy atom. The minimum Gasteiger partial charge on any atom is -0.436 e. The third-order valence-corrected chi connectivity index (χ3v) is 2.54. The van der Waals surface area contributed by atoms with Gasteiger partial charge in [0.2, 0.25) is 5.89 Å². The first-order chi connectivity index (χ1) is 8.22. The molecule has 1 aromatic heterocycles. The molecule has 0 bridgehead atoms. The van der Waals surface area contributed by atoms with Gasteiger partial charge in [-0.25, -0.2) is 4.98 Å². The van der Waals surface area contributed by atoms with Crippen molar-refractivity contribution in [2.45, 2.75) is 13.8 Å². The predicted octanol–water partition coefficient (Wildman–Crippen LogP) is 2.42. The fraction of sp³-hybridized carbons (Fsp3) is 0.133. The Bertz CT molecular complexity index is 650. The molecule has 0 saturated carbocycles. The summed E-state index contributed by atoms with van der Waals surface area (Å²) >= 11 is 0. The van der Waals surface area contributed by atoms with Gasteiger partial charge in [-0.3, -0.25) is 0 Å². The summed E-state index contributed by atoms with van der Waals surface area (Å²) in [5, 5.41) is 0.668. The zero-order valence-electron chi connectivity index (χ0n) is 10.1. The van der Waals surface area contributed by atoms with Gasteiger partial charge in [0.1, 0.15) is 5.35 Å². The lowest BCUT2D eigenvalue weighted by Crippen LogP contribution is -2.19. The zero-order valence-corrected chi connectivity index (χ0v) is 10.1. The highest BCUT2D eigenvalue weighted by Crippen LogP contribution is 2.18. The van der Waals surface area contributed by atoms with E-state index >= 15 is 0 Å². The monoisotopic (exact) mass is 225 g/mol. The first-order valence-corrected chi connectivity index (χ1v) is 5.57. The second-order valence-electron chi connectivity index (χ2n) is 3.84. The number of rotatable bonds is 2. The fourth-order valence-electron chi connectivity index (χ4n) is 1.61. The Morgan fingerprint density at radius 2 is 2.06 bits per heavy atom. The van der Waals surface area contributed by atoms with Gasteiger partial charge in [0, 0.05) is 5.56 Å². The molecule has 1 heterocycles. The smallest absolute Gasteiger partial charge is 0.227 e. The van der Waals surface area contributed by atoms with Crippen molar-refractivity contribution in [3.05, 3.63) is 52.7 Å². The van der Waals surface area contributed by atoms with Crippen LogP contribution < -0.4 is 10.8 Å². The average molecular weight is 225 g/mol. The van der Waals surface area contributed by atoms with Gasteiger partial charge >= 0.3 is 0 Å². The predicted molar refractivity (Wildman–Crippen MR) is 70.7 cm³/mol. The summed E-state index contributed by atoms with van der Waals surface area (Å²) in [4.78, 5) is 4.35. The number of hydrogen-bond acceptors (Lipinski definition) is 2. The highest BCUT2D eigenvalue weighted by molar-refractivity contribution is 5.58. The quantitative estimate of drug-likeness (QED) is 0.784. The van der Waals surface area contributed by atoms with E-state index in [2.05, 4.69) is 11.6 Å². The number of oxazole rings is 1. The third-order valence-electron chi connectivity index (χ3n) is 2.54. The van der Waals surface area contributed by atoms with Crippen LogP contribution in [0.15, 0.2) is 40.8 Å². The van der Waals surface area contributed by atoms with Gasteiger partial charge in [0.05, 0.1) is 0 Å². The van der Waals surface area contributed by atoms with Crippen LogP contribution in [0.4, 0.5) is 0 Å². The highest BCUT2D eigenvalue weighted by Gasteiger charge is 2.06. The fourth-order valence-corrected chi connectivity index (χ4v) is 1.61. The molecule has 0 fully saturated rings. The first kappa shape index (κ1) is 11.4. The highest BCUT2D eigenvalue weighted by atomic mass is 16.3. The maximum Gasteiger partial charge on any atom is 0.227 e. The van der Waals surface area contributed by atoms with E-state index in [1.54, 1.807) is 0 Å². The van der Waals surface area contributed by atoms with Crippen molar-refractivity contribution in [3.8, 4) is 11.5 Å². The van der Waals surface area contributed by atoms with Crippen molar-refractivity contribution < 1.29 is 4.42 Å². The minimum absolute atomic E-state index is 0.629. The van der Waals surface area contributed by atoms with Gasteiger partial charge in [0.15, 0.2) is 5.42 Å². The molecular formula is C15H15NO. The average Bonchev–Trinajstić information content (AvgIpc) is 2.68. The van der Waals surface area contributed by atoms with Crippen LogP contribution in [0, 0.1) is 6.92 Å². The number of aryl methyl sites for hydroxylation is 1. The second-order valence-corrected chi connectivity index (χ2v) is 3.84. The molecule has 2 nitrogen and oxygen atoms in total. The second kappa shape index (κ2) is 4.83. The van der Waals surface area contributed by atoms with Crippen molar-refractivity contribution >= 4 is 12.7 Å². The molecular weight excluding hydrogens is 210 g/mol. The van der Waals surface area contributed by atoms with Crippen LogP contribution in [0.1, 0.15) is 12.5 Å². The summed E-state index contributed by atoms with van der Waals surface area (Å²) in [6, 6.07) is 8.02. The summed E-state index contributed by atoms with van der Waals surface area (Å²) in [7, 11) is 0. The van der Waals surface area contributed by atoms with E-state index in [9.17, 15) is 0 Å². The van der Waals surface area contributed by atoms with Crippen LogP contribution in [0.3, 0.4) is 0 Å². The number of nitrogens with zero attached hydrogens (tertiary/aromatic N) is 1. The van der Waals surface area contributed by atoms with Gasteiger partial charge in [-0.05, 0) is 31.6 Å². The Balaban J connectivity index is 2.57. The molecule has 0 saturated heterocycles. The van der Waals surface area contributed by atoms with Crippen LogP contribution >= 0.6 is 0 Å². The normalized spacial score (nSPS) is 12.5. The molecule has 0 aliphatic heterocycles. The molecule has 1 aromatic carbocycles. The van der Waals surface area contributed by atoms with Gasteiger partial charge in [-0.15, -0.1) is 0 Å². The van der Waals surface area contributed by atoms with E-state index in [1.165, 1.54) is 0 Å². The molecule has 86 valence electrons. The van der Waals surface area contributed by atoms with Crippen LogP contribution in [-0.4, -0.2) is 4.98 Å². The number of allylic oxidation sites excluding steroid dienone is 2. The Labute approximate surface area is 101 Å². The molecule has 2 heteroatoms. The molecule has 0 atom stereocenters. The van der Waals surface area contributed by atoms with E-state index in [0.717, 1.165) is 11.1 Å². The molecule has 2 aromatic rings. The first-order valence-electron chi connectivity index (χ1n) is 5.57. The lowest BCUT2D eigenvalue weighted by Gasteiger charge is -1.98. The van der Waals surface area contributed by atoms with Crippen LogP contribution in [0.5, 0.6) is 0 Å². The molecule has 0 N–H and O–H groups in total. The summed E-state index contributed by atoms with van der Waals surface area (Å²) in [6.07, 6.45) is 5.73. The van der Waals surface area contributed by atoms with Crippen LogP contribution in [0.2, 0.25) is 0 Å². The van der Waals surface area contributed by atoms with E-state index in [1.807, 2.05) is 56.3 Å². The van der Waals surface area contributed by atoms with E-state index in [4.69, 9.17) is 4.42 Å². The maximum absolute atomic E-state index is 5.70. The van der Waals surface area contributed by atoms with Crippen molar-refractivity contribution in [2.75, 3.05) is 0 Å². The van der Waals surface area contributed by atoms with Crippen molar-refractivity contribution in [3.63, 3.8) is 0 Å². The summed E-state index contributed by atoms with van der Waals surface area (Å²) in [6.45, 7) is 7.87. The van der Waals surface area contributed by atoms with Crippen LogP contribution in [0.25, 0.3) is 24.1 Å². The van der Waals surface area contributed by atoms with Crippen molar-refractivity contribution in [1.82, 2.24) is 4.98 Å². The Morgan fingerprint density at radius 1 is 1.29 bits per heavy atom. The topological polar surface area (TPSA) is 26.0 Å². The molecule has 0 amide bonds. The van der Waals surface area contributed by atoms with Crippen molar-refractivity contribution in [1.29, 1.82) is 0 Å². The van der Waals surface area contributed by atoms with Gasteiger partial charge in [-0.2, -0.15) is 0 Å². The molecule has 0 unspecified atom stereocenters. The van der Waals surface area contributed by atoms with Gasteiger partial charge < -0.3 is 4.42 Å². The lowest BCUT2D eigenvalue weighted by atomic mass is 10.1. The Hall–Kier alpha value is -2.09. The molecule has 0 aliphatic carbocycles. The minimum atomic E-state index is 0.629. The zero-order chi connectivity index (χ0) is 12.3. The van der Waals surface area contributed by atoms with E-state index in [0.29, 0.717) is 16.7 Å². The van der Waals surface area contributed by atoms with E-state index < -0.39 is 0 Å². The van der Waals surface area contributed by atoms with E-state index in [-0.39, 0.29) is 0 Å². The van der Waals surface area contributed by atoms with Crippen molar-refractivity contribution in [2.24, 2.45) is 0 Å². The standard InChI is InChI=1S/C15H15NO/c1-4-5-10-14-12(3)16-15(17-14)13-9-7-6-8-11(13)2/h4-10H,3H2,1-2H3/b5-4-,14-10+. The molecule has 17 heavy (non-hydrogen) atoms. The summed E-state index contributed by atoms with van der Waals surface area (Å²) in [5.41, 5.74) is 2.87. The summed E-state index contributed by atoms with van der Waals surface area (Å²) in [5.74, 6) is 0.629. The number of hydrogen-bond donors (Lipinski definition) is 0. The molecule has 2 rings (SSSR count). The summed E-state index contributed by atoms with van der Waals surface area (Å²) < 4.78 is 5.70. The Kier molecular flexibility index (Phi) is 3.24. The lowest BCUT2D eigenvalue weighted by molar-refractivity contribution is 0.540. The molecule has 0 aliphatic rings. The largest absolute Gasteiger partial charge is 0.436 e. The molecule has 0 spiro atoms. The molecule has 0 radical (unpaired) electrons.